The van der Waals surface area contributed by atoms with Crippen molar-refractivity contribution >= 4 is 17.9 Å². The Bertz CT molecular complexity index is 534. The van der Waals surface area contributed by atoms with Crippen LogP contribution in [0.3, 0.4) is 0 Å². The van der Waals surface area contributed by atoms with Crippen LogP contribution in [-0.4, -0.2) is 46.9 Å². The van der Waals surface area contributed by atoms with Crippen molar-refractivity contribution in [1.29, 1.82) is 0 Å². The summed E-state index contributed by atoms with van der Waals surface area (Å²) >= 11 is 0. The van der Waals surface area contributed by atoms with Crippen LogP contribution < -0.4 is 0 Å². The number of carbonyl (C=O) groups is 3. The lowest BCUT2D eigenvalue weighted by Gasteiger charge is -2.07. The summed E-state index contributed by atoms with van der Waals surface area (Å²) in [6.07, 6.45) is 1.24. The van der Waals surface area contributed by atoms with E-state index >= 15 is 0 Å². The summed E-state index contributed by atoms with van der Waals surface area (Å²) in [5.41, 5.74) is -0.183. The Balaban J connectivity index is 0.000000567. The normalized spacial score (nSPS) is 9.05. The summed E-state index contributed by atoms with van der Waals surface area (Å²) in [4.78, 5) is 31.5. The minimum atomic E-state index is -1.29. The van der Waals surface area contributed by atoms with Gasteiger partial charge in [0.05, 0.1) is 18.2 Å². The standard InChI is InChI=1S/C10H10O5.C4H6O2/c11-5-4-6-2-1-3-7(9(12)13)8(6)10(14)15;1-3-4(5)6-2/h1-3,11H,4-5H2,(H,12,13)(H,14,15);3H,1H2,2H3. The quantitative estimate of drug-likeness (QED) is 0.546. The van der Waals surface area contributed by atoms with Gasteiger partial charge < -0.3 is 20.1 Å². The fourth-order valence-corrected chi connectivity index (χ4v) is 1.44. The highest BCUT2D eigenvalue weighted by molar-refractivity contribution is 6.02. The number of hydrogen-bond donors (Lipinski definition) is 3. The van der Waals surface area contributed by atoms with E-state index in [1.807, 2.05) is 0 Å². The number of esters is 1. The molecule has 0 bridgehead atoms. The van der Waals surface area contributed by atoms with Gasteiger partial charge in [-0.15, -0.1) is 0 Å². The molecule has 0 aliphatic carbocycles. The number of ether oxygens (including phenoxy) is 1. The van der Waals surface area contributed by atoms with Crippen molar-refractivity contribution in [3.05, 3.63) is 47.5 Å². The van der Waals surface area contributed by atoms with E-state index in [0.717, 1.165) is 6.08 Å². The van der Waals surface area contributed by atoms with E-state index in [1.54, 1.807) is 0 Å². The number of aromatic carboxylic acids is 2. The Kier molecular flexibility index (Phi) is 8.09. The maximum Gasteiger partial charge on any atom is 0.336 e. The number of hydrogen-bond acceptors (Lipinski definition) is 5. The van der Waals surface area contributed by atoms with E-state index in [0.29, 0.717) is 5.56 Å². The third-order valence-electron chi connectivity index (χ3n) is 2.34. The Morgan fingerprint density at radius 2 is 1.86 bits per heavy atom. The van der Waals surface area contributed by atoms with Gasteiger partial charge in [-0.25, -0.2) is 14.4 Å². The number of aliphatic hydroxyl groups excluding tert-OH is 1. The molecule has 1 rings (SSSR count). The number of methoxy groups -OCH3 is 1. The molecule has 0 heterocycles. The molecule has 3 N–H and O–H groups in total. The molecule has 0 fully saturated rings. The van der Waals surface area contributed by atoms with E-state index in [1.165, 1.54) is 25.3 Å². The molecule has 7 heteroatoms. The summed E-state index contributed by atoms with van der Waals surface area (Å²) < 4.78 is 4.14. The van der Waals surface area contributed by atoms with E-state index in [2.05, 4.69) is 11.3 Å². The van der Waals surface area contributed by atoms with Gasteiger partial charge in [0.15, 0.2) is 0 Å². The minimum absolute atomic E-state index is 0.128. The van der Waals surface area contributed by atoms with Crippen LogP contribution in [0.15, 0.2) is 30.9 Å². The SMILES string of the molecule is C=CC(=O)OC.O=C(O)c1cccc(CCO)c1C(=O)O. The fourth-order valence-electron chi connectivity index (χ4n) is 1.44. The molecule has 0 aromatic heterocycles. The van der Waals surface area contributed by atoms with Crippen molar-refractivity contribution in [2.24, 2.45) is 0 Å². The first kappa shape index (κ1) is 18.3. The van der Waals surface area contributed by atoms with Gasteiger partial charge >= 0.3 is 17.9 Å². The van der Waals surface area contributed by atoms with Gasteiger partial charge in [-0.2, -0.15) is 0 Å². The summed E-state index contributed by atoms with van der Waals surface area (Å²) in [7, 11) is 1.31. The average Bonchev–Trinajstić information content (AvgIpc) is 2.46. The van der Waals surface area contributed by atoms with Gasteiger partial charge in [0, 0.05) is 12.7 Å². The second-order valence-electron chi connectivity index (χ2n) is 3.65. The van der Waals surface area contributed by atoms with E-state index in [-0.39, 0.29) is 24.2 Å². The summed E-state index contributed by atoms with van der Waals surface area (Å²) in [5.74, 6) is -2.97. The first-order chi connectivity index (χ1) is 9.88. The lowest BCUT2D eigenvalue weighted by Crippen LogP contribution is -2.12. The molecule has 0 aliphatic rings. The molecule has 0 unspecified atom stereocenters. The number of carboxylic acids is 2. The molecule has 0 amide bonds. The Morgan fingerprint density at radius 3 is 2.19 bits per heavy atom. The van der Waals surface area contributed by atoms with Gasteiger partial charge in [-0.3, -0.25) is 0 Å². The second kappa shape index (κ2) is 9.27. The number of aliphatic hydroxyl groups is 1. The maximum absolute atomic E-state index is 10.9. The highest BCUT2D eigenvalue weighted by atomic mass is 16.5. The maximum atomic E-state index is 10.9. The average molecular weight is 296 g/mol. The molecule has 0 atom stereocenters. The fraction of sp³-hybridized carbons (Fsp3) is 0.214. The third-order valence-corrected chi connectivity index (χ3v) is 2.34. The highest BCUT2D eigenvalue weighted by Crippen LogP contribution is 2.15. The molecule has 7 nitrogen and oxygen atoms in total. The zero-order valence-corrected chi connectivity index (χ0v) is 11.4. The Hall–Kier alpha value is -2.67. The van der Waals surface area contributed by atoms with Crippen LogP contribution in [0.2, 0.25) is 0 Å². The van der Waals surface area contributed by atoms with Crippen molar-refractivity contribution in [2.75, 3.05) is 13.7 Å². The first-order valence-corrected chi connectivity index (χ1v) is 5.78. The molecule has 1 aromatic rings. The molecule has 1 aromatic carbocycles. The monoisotopic (exact) mass is 296 g/mol. The molecule has 0 saturated heterocycles. The van der Waals surface area contributed by atoms with Crippen LogP contribution in [0.4, 0.5) is 0 Å². The van der Waals surface area contributed by atoms with Gasteiger partial charge in [0.25, 0.3) is 0 Å². The lowest BCUT2D eigenvalue weighted by molar-refractivity contribution is -0.134. The lowest BCUT2D eigenvalue weighted by atomic mass is 9.99. The zero-order chi connectivity index (χ0) is 16.4. The van der Waals surface area contributed by atoms with Crippen LogP contribution in [0.5, 0.6) is 0 Å². The van der Waals surface area contributed by atoms with Crippen molar-refractivity contribution < 1.29 is 34.4 Å². The minimum Gasteiger partial charge on any atom is -0.478 e. The van der Waals surface area contributed by atoms with Gasteiger partial charge in [0.2, 0.25) is 0 Å². The van der Waals surface area contributed by atoms with Crippen molar-refractivity contribution in [1.82, 2.24) is 0 Å². The Labute approximate surface area is 121 Å². The number of carbonyl (C=O) groups excluding carboxylic acids is 1. The number of rotatable bonds is 5. The van der Waals surface area contributed by atoms with Crippen molar-refractivity contribution in [3.63, 3.8) is 0 Å². The Morgan fingerprint density at radius 1 is 1.24 bits per heavy atom. The summed E-state index contributed by atoms with van der Waals surface area (Å²) in [6, 6.07) is 4.18. The van der Waals surface area contributed by atoms with Gasteiger partial charge in [-0.1, -0.05) is 18.7 Å². The molecule has 0 aliphatic heterocycles. The molecular formula is C14H16O7. The topological polar surface area (TPSA) is 121 Å². The van der Waals surface area contributed by atoms with Crippen LogP contribution >= 0.6 is 0 Å². The van der Waals surface area contributed by atoms with Gasteiger partial charge in [-0.05, 0) is 18.1 Å². The largest absolute Gasteiger partial charge is 0.478 e. The first-order valence-electron chi connectivity index (χ1n) is 5.78. The third kappa shape index (κ3) is 5.87. The predicted octanol–water partition coefficient (Wildman–Crippen LogP) is 0.963. The molecule has 0 spiro atoms. The molecule has 0 saturated carbocycles. The number of carboxylic acid groups (broad SMARTS) is 2. The highest BCUT2D eigenvalue weighted by Gasteiger charge is 2.19. The summed E-state index contributed by atoms with van der Waals surface area (Å²) in [5, 5.41) is 26.4. The zero-order valence-electron chi connectivity index (χ0n) is 11.4. The smallest absolute Gasteiger partial charge is 0.336 e. The molecule has 114 valence electrons. The second-order valence-corrected chi connectivity index (χ2v) is 3.65. The van der Waals surface area contributed by atoms with Crippen LogP contribution in [-0.2, 0) is 16.0 Å². The van der Waals surface area contributed by atoms with Crippen LogP contribution in [0.25, 0.3) is 0 Å². The van der Waals surface area contributed by atoms with Crippen molar-refractivity contribution in [3.8, 4) is 0 Å². The summed E-state index contributed by atoms with van der Waals surface area (Å²) in [6.45, 7) is 2.94. The molecule has 21 heavy (non-hydrogen) atoms. The number of benzene rings is 1. The van der Waals surface area contributed by atoms with Crippen LogP contribution in [0, 0.1) is 0 Å². The molecular weight excluding hydrogens is 280 g/mol. The van der Waals surface area contributed by atoms with Crippen molar-refractivity contribution in [2.45, 2.75) is 6.42 Å². The predicted molar refractivity (Wildman–Crippen MR) is 73.4 cm³/mol. The van der Waals surface area contributed by atoms with E-state index < -0.39 is 17.9 Å². The van der Waals surface area contributed by atoms with Gasteiger partial charge in [0.1, 0.15) is 0 Å². The molecule has 0 radical (unpaired) electrons. The van der Waals surface area contributed by atoms with E-state index in [4.69, 9.17) is 15.3 Å². The van der Waals surface area contributed by atoms with Crippen LogP contribution in [0.1, 0.15) is 26.3 Å². The van der Waals surface area contributed by atoms with E-state index in [9.17, 15) is 14.4 Å².